The molecule has 1 aliphatic carbocycles. The topological polar surface area (TPSA) is 38.5 Å². The zero-order chi connectivity index (χ0) is 15.2. The van der Waals surface area contributed by atoms with Crippen LogP contribution < -0.4 is 5.73 Å². The van der Waals surface area contributed by atoms with E-state index < -0.39 is 0 Å². The fraction of sp³-hybridized carbons (Fsp3) is 0.667. The summed E-state index contributed by atoms with van der Waals surface area (Å²) in [5.41, 5.74) is 7.68. The lowest BCUT2D eigenvalue weighted by Gasteiger charge is -2.33. The molecule has 1 fully saturated rings. The molecule has 0 amide bonds. The van der Waals surface area contributed by atoms with E-state index in [2.05, 4.69) is 43.0 Å². The second-order valence-corrected chi connectivity index (χ2v) is 6.48. The van der Waals surface area contributed by atoms with Crippen molar-refractivity contribution < 1.29 is 4.74 Å². The first-order valence-electron chi connectivity index (χ1n) is 8.17. The number of nitrogens with zero attached hydrogens (tertiary/aromatic N) is 1. The van der Waals surface area contributed by atoms with Crippen LogP contribution in [0.15, 0.2) is 30.3 Å². The van der Waals surface area contributed by atoms with E-state index in [1.54, 1.807) is 7.11 Å². The van der Waals surface area contributed by atoms with Crippen molar-refractivity contribution in [3.63, 3.8) is 0 Å². The third-order valence-electron chi connectivity index (χ3n) is 4.78. The summed E-state index contributed by atoms with van der Waals surface area (Å²) in [6.07, 6.45) is 2.76. The molecule has 0 heterocycles. The van der Waals surface area contributed by atoms with E-state index in [1.165, 1.54) is 18.4 Å². The molecular formula is C18H30N2O. The highest BCUT2D eigenvalue weighted by Gasteiger charge is 2.32. The maximum absolute atomic E-state index is 6.45. The van der Waals surface area contributed by atoms with Crippen LogP contribution >= 0.6 is 0 Å². The maximum Gasteiger partial charge on any atom is 0.0589 e. The van der Waals surface area contributed by atoms with E-state index >= 15 is 0 Å². The van der Waals surface area contributed by atoms with Crippen LogP contribution in [-0.2, 0) is 4.74 Å². The summed E-state index contributed by atoms with van der Waals surface area (Å²) in [4.78, 5) is 2.56. The van der Waals surface area contributed by atoms with Crippen molar-refractivity contribution in [2.45, 2.75) is 38.8 Å². The summed E-state index contributed by atoms with van der Waals surface area (Å²) in [6.45, 7) is 7.45. The van der Waals surface area contributed by atoms with Crippen molar-refractivity contribution in [1.82, 2.24) is 4.90 Å². The average Bonchev–Trinajstić information content (AvgIpc) is 3.35. The molecule has 1 aromatic rings. The van der Waals surface area contributed by atoms with E-state index in [9.17, 15) is 0 Å². The van der Waals surface area contributed by atoms with Gasteiger partial charge in [-0.2, -0.15) is 0 Å². The second-order valence-electron chi connectivity index (χ2n) is 6.48. The fourth-order valence-corrected chi connectivity index (χ4v) is 3.03. The van der Waals surface area contributed by atoms with Gasteiger partial charge in [-0.3, -0.25) is 4.90 Å². The first-order valence-corrected chi connectivity index (χ1v) is 8.17. The molecular weight excluding hydrogens is 260 g/mol. The Morgan fingerprint density at radius 3 is 2.48 bits per heavy atom. The summed E-state index contributed by atoms with van der Waals surface area (Å²) in [5.74, 6) is 1.31. The highest BCUT2D eigenvalue weighted by Crippen LogP contribution is 2.35. The molecule has 0 aromatic heterocycles. The van der Waals surface area contributed by atoms with Crippen molar-refractivity contribution in [3.05, 3.63) is 35.9 Å². The van der Waals surface area contributed by atoms with Crippen LogP contribution in [0.25, 0.3) is 0 Å². The molecule has 3 nitrogen and oxygen atoms in total. The SMILES string of the molecule is COCCN(CC(C)C(N)c1ccccc1)C(C)C1CC1. The van der Waals surface area contributed by atoms with Gasteiger partial charge in [-0.15, -0.1) is 0 Å². The van der Waals surface area contributed by atoms with E-state index in [0.717, 1.165) is 25.6 Å². The van der Waals surface area contributed by atoms with E-state index in [1.807, 2.05) is 6.07 Å². The van der Waals surface area contributed by atoms with Crippen LogP contribution in [0.4, 0.5) is 0 Å². The molecule has 3 unspecified atom stereocenters. The van der Waals surface area contributed by atoms with Gasteiger partial charge in [0.25, 0.3) is 0 Å². The molecule has 1 aromatic carbocycles. The van der Waals surface area contributed by atoms with Crippen molar-refractivity contribution in [2.75, 3.05) is 26.8 Å². The second kappa shape index (κ2) is 7.92. The zero-order valence-corrected chi connectivity index (χ0v) is 13.7. The Labute approximate surface area is 129 Å². The van der Waals surface area contributed by atoms with E-state index in [0.29, 0.717) is 12.0 Å². The highest BCUT2D eigenvalue weighted by molar-refractivity contribution is 5.19. The van der Waals surface area contributed by atoms with E-state index in [-0.39, 0.29) is 6.04 Å². The molecule has 0 radical (unpaired) electrons. The molecule has 0 aliphatic heterocycles. The van der Waals surface area contributed by atoms with Gasteiger partial charge in [0, 0.05) is 32.3 Å². The zero-order valence-electron chi connectivity index (χ0n) is 13.7. The molecule has 1 saturated carbocycles. The normalized spacial score (nSPS) is 19.5. The van der Waals surface area contributed by atoms with Gasteiger partial charge in [-0.1, -0.05) is 37.3 Å². The molecule has 0 spiro atoms. The molecule has 118 valence electrons. The van der Waals surface area contributed by atoms with Crippen molar-refractivity contribution in [1.29, 1.82) is 0 Å². The molecule has 3 heteroatoms. The molecule has 21 heavy (non-hydrogen) atoms. The smallest absolute Gasteiger partial charge is 0.0589 e. The summed E-state index contributed by atoms with van der Waals surface area (Å²) in [5, 5.41) is 0. The fourth-order valence-electron chi connectivity index (χ4n) is 3.03. The van der Waals surface area contributed by atoms with Gasteiger partial charge in [-0.25, -0.2) is 0 Å². The van der Waals surface area contributed by atoms with Gasteiger partial charge < -0.3 is 10.5 Å². The van der Waals surface area contributed by atoms with Crippen LogP contribution in [0.2, 0.25) is 0 Å². The molecule has 2 rings (SSSR count). The predicted octanol–water partition coefficient (Wildman–Crippen LogP) is 3.07. The number of hydrogen-bond acceptors (Lipinski definition) is 3. The highest BCUT2D eigenvalue weighted by atomic mass is 16.5. The lowest BCUT2D eigenvalue weighted by molar-refractivity contribution is 0.101. The first-order chi connectivity index (χ1) is 10.1. The monoisotopic (exact) mass is 290 g/mol. The molecule has 3 atom stereocenters. The number of methoxy groups -OCH3 is 1. The van der Waals surface area contributed by atoms with Gasteiger partial charge in [0.1, 0.15) is 0 Å². The summed E-state index contributed by atoms with van der Waals surface area (Å²) in [6, 6.07) is 11.2. The standard InChI is InChI=1S/C18H30N2O/c1-14(18(19)17-7-5-4-6-8-17)13-20(11-12-21-3)15(2)16-9-10-16/h4-8,14-16,18H,9-13,19H2,1-3H3. The van der Waals surface area contributed by atoms with Crippen LogP contribution in [0, 0.1) is 11.8 Å². The number of nitrogens with two attached hydrogens (primary N) is 1. The maximum atomic E-state index is 6.45. The van der Waals surface area contributed by atoms with Gasteiger partial charge in [-0.05, 0) is 37.2 Å². The Bertz CT molecular complexity index is 405. The van der Waals surface area contributed by atoms with Crippen LogP contribution in [0.1, 0.15) is 38.3 Å². The van der Waals surface area contributed by atoms with E-state index in [4.69, 9.17) is 10.5 Å². The molecule has 0 saturated heterocycles. The van der Waals surface area contributed by atoms with Gasteiger partial charge in [0.2, 0.25) is 0 Å². The number of benzene rings is 1. The number of hydrogen-bond donors (Lipinski definition) is 1. The Hall–Kier alpha value is -0.900. The van der Waals surface area contributed by atoms with Crippen molar-refractivity contribution in [2.24, 2.45) is 17.6 Å². The molecule has 2 N–H and O–H groups in total. The summed E-state index contributed by atoms with van der Waals surface area (Å²) >= 11 is 0. The van der Waals surface area contributed by atoms with Gasteiger partial charge >= 0.3 is 0 Å². The lowest BCUT2D eigenvalue weighted by Crippen LogP contribution is -2.42. The lowest BCUT2D eigenvalue weighted by atomic mass is 9.94. The largest absolute Gasteiger partial charge is 0.383 e. The third kappa shape index (κ3) is 4.80. The van der Waals surface area contributed by atoms with Crippen LogP contribution in [0.5, 0.6) is 0 Å². The van der Waals surface area contributed by atoms with Gasteiger partial charge in [0.05, 0.1) is 6.61 Å². The van der Waals surface area contributed by atoms with Crippen molar-refractivity contribution in [3.8, 4) is 0 Å². The Balaban J connectivity index is 1.94. The van der Waals surface area contributed by atoms with Gasteiger partial charge in [0.15, 0.2) is 0 Å². The predicted molar refractivity (Wildman–Crippen MR) is 88.2 cm³/mol. The molecule has 0 bridgehead atoms. The minimum atomic E-state index is 0.0997. The van der Waals surface area contributed by atoms with Crippen molar-refractivity contribution >= 4 is 0 Å². The summed E-state index contributed by atoms with van der Waals surface area (Å²) in [7, 11) is 1.78. The Morgan fingerprint density at radius 2 is 1.90 bits per heavy atom. The quantitative estimate of drug-likeness (QED) is 0.759. The number of rotatable bonds is 9. The van der Waals surface area contributed by atoms with Crippen LogP contribution in [-0.4, -0.2) is 37.7 Å². The third-order valence-corrected chi connectivity index (χ3v) is 4.78. The molecule has 1 aliphatic rings. The Morgan fingerprint density at radius 1 is 1.24 bits per heavy atom. The Kier molecular flexibility index (Phi) is 6.22. The summed E-state index contributed by atoms with van der Waals surface area (Å²) < 4.78 is 5.28. The minimum Gasteiger partial charge on any atom is -0.383 e. The minimum absolute atomic E-state index is 0.0997. The van der Waals surface area contributed by atoms with Crippen LogP contribution in [0.3, 0.4) is 0 Å². The number of ether oxygens (including phenoxy) is 1. The first kappa shape index (κ1) is 16.5. The average molecular weight is 290 g/mol.